The van der Waals surface area contributed by atoms with Crippen LogP contribution >= 0.6 is 0 Å². The van der Waals surface area contributed by atoms with Crippen LogP contribution in [0.3, 0.4) is 0 Å². The van der Waals surface area contributed by atoms with Crippen molar-refractivity contribution in [3.05, 3.63) is 11.8 Å². The predicted octanol–water partition coefficient (Wildman–Crippen LogP) is 2.05. The van der Waals surface area contributed by atoms with Gasteiger partial charge in [0.2, 0.25) is 0 Å². The van der Waals surface area contributed by atoms with Crippen molar-refractivity contribution in [1.29, 1.82) is 0 Å². The maximum absolute atomic E-state index is 3.75. The first-order valence-corrected chi connectivity index (χ1v) is 3.85. The van der Waals surface area contributed by atoms with Crippen molar-refractivity contribution in [3.63, 3.8) is 0 Å². The molecule has 0 atom stereocenters. The number of allylic oxidation sites excluding steroid dienone is 1. The van der Waals surface area contributed by atoms with Crippen molar-refractivity contribution in [2.75, 3.05) is 0 Å². The van der Waals surface area contributed by atoms with Crippen molar-refractivity contribution < 1.29 is 0 Å². The van der Waals surface area contributed by atoms with Gasteiger partial charge in [-0.05, 0) is 18.4 Å². The van der Waals surface area contributed by atoms with E-state index < -0.39 is 0 Å². The van der Waals surface area contributed by atoms with Crippen LogP contribution in [0.5, 0.6) is 0 Å². The van der Waals surface area contributed by atoms with E-state index in [2.05, 4.69) is 17.5 Å². The van der Waals surface area contributed by atoms with E-state index in [0.717, 1.165) is 6.42 Å². The Labute approximate surface area is 62.0 Å². The highest BCUT2D eigenvalue weighted by atomic mass is 15.3. The van der Waals surface area contributed by atoms with Crippen molar-refractivity contribution in [2.24, 2.45) is 5.10 Å². The maximum atomic E-state index is 3.75. The Balaban J connectivity index is 2.08. The molecular formula is C8H13N2. The molecular weight excluding hydrogens is 124 g/mol. The molecule has 0 aromatic rings. The highest BCUT2D eigenvalue weighted by molar-refractivity contribution is 5.79. The summed E-state index contributed by atoms with van der Waals surface area (Å²) in [4.78, 5) is 0. The smallest absolute Gasteiger partial charge is 0.0543 e. The lowest BCUT2D eigenvalue weighted by Gasteiger charge is -1.94. The summed E-state index contributed by atoms with van der Waals surface area (Å²) in [5.41, 5.74) is 5.02. The zero-order valence-corrected chi connectivity index (χ0v) is 6.38. The average molecular weight is 137 g/mol. The van der Waals surface area contributed by atoms with Gasteiger partial charge in [-0.2, -0.15) is 10.5 Å². The van der Waals surface area contributed by atoms with Crippen LogP contribution in [0.1, 0.15) is 32.6 Å². The van der Waals surface area contributed by atoms with Crippen LogP contribution in [-0.4, -0.2) is 6.21 Å². The monoisotopic (exact) mass is 137 g/mol. The molecule has 0 spiro atoms. The number of hydrogen-bond acceptors (Lipinski definition) is 1. The van der Waals surface area contributed by atoms with Gasteiger partial charge in [-0.1, -0.05) is 19.8 Å². The van der Waals surface area contributed by atoms with Gasteiger partial charge < -0.3 is 0 Å². The van der Waals surface area contributed by atoms with Crippen molar-refractivity contribution in [1.82, 2.24) is 5.43 Å². The SMILES string of the molecule is CCCCCC1=C[N]N=C1. The third-order valence-corrected chi connectivity index (χ3v) is 1.58. The third kappa shape index (κ3) is 2.21. The van der Waals surface area contributed by atoms with E-state index >= 15 is 0 Å². The molecule has 0 bridgehead atoms. The Morgan fingerprint density at radius 2 is 2.30 bits per heavy atom. The Bertz CT molecular complexity index is 147. The summed E-state index contributed by atoms with van der Waals surface area (Å²) in [7, 11) is 0. The highest BCUT2D eigenvalue weighted by Gasteiger charge is 1.97. The minimum atomic E-state index is 1.14. The molecule has 0 aliphatic carbocycles. The van der Waals surface area contributed by atoms with Crippen LogP contribution < -0.4 is 5.43 Å². The molecule has 10 heavy (non-hydrogen) atoms. The summed E-state index contributed by atoms with van der Waals surface area (Å²) in [5.74, 6) is 0. The standard InChI is InChI=1S/C8H13N2/c1-2-3-4-5-8-6-9-10-7-8/h6-7H,2-5H2,1H3. The Hall–Kier alpha value is -0.790. The number of nitrogens with zero attached hydrogens (tertiary/aromatic N) is 2. The zero-order valence-electron chi connectivity index (χ0n) is 6.38. The molecule has 0 saturated carbocycles. The lowest BCUT2D eigenvalue weighted by Crippen LogP contribution is -1.81. The van der Waals surface area contributed by atoms with E-state index in [1.807, 2.05) is 12.4 Å². The molecule has 0 aromatic heterocycles. The Morgan fingerprint density at radius 3 is 2.90 bits per heavy atom. The molecule has 0 unspecified atom stereocenters. The lowest BCUT2D eigenvalue weighted by molar-refractivity contribution is 0.722. The second-order valence-corrected chi connectivity index (χ2v) is 2.52. The normalized spacial score (nSPS) is 15.1. The minimum absolute atomic E-state index is 1.14. The zero-order chi connectivity index (χ0) is 7.23. The average Bonchev–Trinajstić information content (AvgIpc) is 2.41. The minimum Gasteiger partial charge on any atom is -0.159 e. The first kappa shape index (κ1) is 7.32. The van der Waals surface area contributed by atoms with Gasteiger partial charge >= 0.3 is 0 Å². The second-order valence-electron chi connectivity index (χ2n) is 2.52. The fourth-order valence-corrected chi connectivity index (χ4v) is 0.957. The van der Waals surface area contributed by atoms with Crippen LogP contribution in [-0.2, 0) is 0 Å². The van der Waals surface area contributed by atoms with Gasteiger partial charge in [0.15, 0.2) is 0 Å². The molecule has 0 aromatic carbocycles. The largest absolute Gasteiger partial charge is 0.159 e. The summed E-state index contributed by atoms with van der Waals surface area (Å²) < 4.78 is 0. The first-order valence-electron chi connectivity index (χ1n) is 3.85. The van der Waals surface area contributed by atoms with Crippen LogP contribution in [0.4, 0.5) is 0 Å². The van der Waals surface area contributed by atoms with Crippen LogP contribution in [0, 0.1) is 0 Å². The van der Waals surface area contributed by atoms with Gasteiger partial charge in [0.1, 0.15) is 0 Å². The van der Waals surface area contributed by atoms with Crippen molar-refractivity contribution >= 4 is 6.21 Å². The predicted molar refractivity (Wildman–Crippen MR) is 42.9 cm³/mol. The number of hydrogen-bond donors (Lipinski definition) is 0. The molecule has 0 saturated heterocycles. The quantitative estimate of drug-likeness (QED) is 0.530. The van der Waals surface area contributed by atoms with Gasteiger partial charge in [-0.25, -0.2) is 0 Å². The highest BCUT2D eigenvalue weighted by Crippen LogP contribution is 2.08. The number of unbranched alkanes of at least 4 members (excludes halogenated alkanes) is 2. The van der Waals surface area contributed by atoms with Crippen LogP contribution in [0.15, 0.2) is 16.9 Å². The summed E-state index contributed by atoms with van der Waals surface area (Å²) >= 11 is 0. The molecule has 1 aliphatic heterocycles. The molecule has 0 fully saturated rings. The molecule has 1 heterocycles. The summed E-state index contributed by atoms with van der Waals surface area (Å²) in [5, 5.41) is 3.75. The van der Waals surface area contributed by atoms with Crippen LogP contribution in [0.2, 0.25) is 0 Å². The van der Waals surface area contributed by atoms with Gasteiger partial charge in [0, 0.05) is 0 Å². The second kappa shape index (κ2) is 4.09. The van der Waals surface area contributed by atoms with Gasteiger partial charge in [-0.3, -0.25) is 0 Å². The maximum Gasteiger partial charge on any atom is 0.0543 e. The molecule has 2 heteroatoms. The molecule has 0 amide bonds. The van der Waals surface area contributed by atoms with E-state index in [0.29, 0.717) is 0 Å². The first-order chi connectivity index (χ1) is 4.93. The Kier molecular flexibility index (Phi) is 3.00. The fourth-order valence-electron chi connectivity index (χ4n) is 0.957. The molecule has 55 valence electrons. The Morgan fingerprint density at radius 1 is 1.40 bits per heavy atom. The summed E-state index contributed by atoms with van der Waals surface area (Å²) in [6.45, 7) is 2.21. The molecule has 2 nitrogen and oxygen atoms in total. The molecule has 0 N–H and O–H groups in total. The lowest BCUT2D eigenvalue weighted by atomic mass is 10.1. The van der Waals surface area contributed by atoms with E-state index in [-0.39, 0.29) is 0 Å². The molecule has 1 rings (SSSR count). The van der Waals surface area contributed by atoms with Gasteiger partial charge in [0.25, 0.3) is 0 Å². The summed E-state index contributed by atoms with van der Waals surface area (Å²) in [6.07, 6.45) is 8.68. The van der Waals surface area contributed by atoms with Crippen LogP contribution in [0.25, 0.3) is 0 Å². The van der Waals surface area contributed by atoms with E-state index in [1.54, 1.807) is 0 Å². The fraction of sp³-hybridized carbons (Fsp3) is 0.625. The van der Waals surface area contributed by atoms with E-state index in [4.69, 9.17) is 0 Å². The molecule has 1 aliphatic rings. The van der Waals surface area contributed by atoms with E-state index in [1.165, 1.54) is 24.8 Å². The van der Waals surface area contributed by atoms with Gasteiger partial charge in [-0.15, -0.1) is 0 Å². The van der Waals surface area contributed by atoms with E-state index in [9.17, 15) is 0 Å². The topological polar surface area (TPSA) is 26.5 Å². The number of rotatable bonds is 4. The summed E-state index contributed by atoms with van der Waals surface area (Å²) in [6, 6.07) is 0. The van der Waals surface area contributed by atoms with Gasteiger partial charge in [0.05, 0.1) is 12.4 Å². The molecule has 1 radical (unpaired) electrons. The van der Waals surface area contributed by atoms with Crippen molar-refractivity contribution in [3.8, 4) is 0 Å². The van der Waals surface area contributed by atoms with Crippen molar-refractivity contribution in [2.45, 2.75) is 32.6 Å². The third-order valence-electron chi connectivity index (χ3n) is 1.58.